The number of benzene rings is 3. The molecule has 0 saturated carbocycles. The predicted octanol–water partition coefficient (Wildman–Crippen LogP) is 4.19. The zero-order valence-corrected chi connectivity index (χ0v) is 15.8. The Kier molecular flexibility index (Phi) is 4.83. The Morgan fingerprint density at radius 3 is 1.78 bits per heavy atom. The highest BCUT2D eigenvalue weighted by Gasteiger charge is 2.50. The van der Waals surface area contributed by atoms with Crippen molar-refractivity contribution in [3.63, 3.8) is 0 Å². The van der Waals surface area contributed by atoms with Gasteiger partial charge in [-0.2, -0.15) is 5.06 Å². The van der Waals surface area contributed by atoms with Crippen LogP contribution in [0.25, 0.3) is 0 Å². The summed E-state index contributed by atoms with van der Waals surface area (Å²) in [5, 5.41) is 0.924. The molecule has 0 unspecified atom stereocenters. The maximum Gasteiger partial charge on any atom is 0.186 e. The summed E-state index contributed by atoms with van der Waals surface area (Å²) in [4.78, 5) is 6.40. The molecule has 4 nitrogen and oxygen atoms in total. The van der Waals surface area contributed by atoms with Crippen molar-refractivity contribution in [2.24, 2.45) is 0 Å². The summed E-state index contributed by atoms with van der Waals surface area (Å²) in [6.07, 6.45) is -0.577. The van der Waals surface area contributed by atoms with Crippen molar-refractivity contribution in [1.82, 2.24) is 5.06 Å². The van der Waals surface area contributed by atoms with Gasteiger partial charge >= 0.3 is 0 Å². The van der Waals surface area contributed by atoms with Gasteiger partial charge in [0.15, 0.2) is 9.84 Å². The fourth-order valence-electron chi connectivity index (χ4n) is 3.72. The molecule has 1 heterocycles. The van der Waals surface area contributed by atoms with Crippen LogP contribution in [0.5, 0.6) is 0 Å². The van der Waals surface area contributed by atoms with Gasteiger partial charge < -0.3 is 0 Å². The van der Waals surface area contributed by atoms with E-state index in [1.54, 1.807) is 36.4 Å². The third kappa shape index (κ3) is 3.30. The van der Waals surface area contributed by atoms with Crippen molar-refractivity contribution >= 4 is 9.84 Å². The molecule has 0 aliphatic carbocycles. The molecule has 0 amide bonds. The summed E-state index contributed by atoms with van der Waals surface area (Å²) >= 11 is 0. The summed E-state index contributed by atoms with van der Waals surface area (Å²) in [7, 11) is -1.83. The Morgan fingerprint density at radius 2 is 1.22 bits per heavy atom. The molecule has 1 saturated heterocycles. The van der Waals surface area contributed by atoms with E-state index in [1.165, 1.54) is 0 Å². The summed E-state index contributed by atoms with van der Waals surface area (Å²) in [5.74, 6) is 0. The Hall–Kier alpha value is -2.47. The van der Waals surface area contributed by atoms with Crippen LogP contribution in [0.15, 0.2) is 95.9 Å². The second kappa shape index (κ2) is 7.27. The molecule has 27 heavy (non-hydrogen) atoms. The predicted molar refractivity (Wildman–Crippen MR) is 105 cm³/mol. The minimum absolute atomic E-state index is 0.316. The van der Waals surface area contributed by atoms with Gasteiger partial charge in [0, 0.05) is 7.05 Å². The fraction of sp³-hybridized carbons (Fsp3) is 0.182. The number of nitrogens with zero attached hydrogens (tertiary/aromatic N) is 1. The molecular weight excluding hydrogens is 358 g/mol. The Bertz CT molecular complexity index is 992. The molecule has 5 heteroatoms. The van der Waals surface area contributed by atoms with E-state index in [4.69, 9.17) is 4.84 Å². The topological polar surface area (TPSA) is 46.6 Å². The Labute approximate surface area is 159 Å². The van der Waals surface area contributed by atoms with E-state index in [0.29, 0.717) is 4.90 Å². The van der Waals surface area contributed by atoms with E-state index in [2.05, 4.69) is 0 Å². The lowest BCUT2D eigenvalue weighted by molar-refractivity contribution is -0.145. The van der Waals surface area contributed by atoms with Crippen LogP contribution in [-0.2, 0) is 14.7 Å². The van der Waals surface area contributed by atoms with Gasteiger partial charge in [-0.05, 0) is 23.3 Å². The van der Waals surface area contributed by atoms with Crippen LogP contribution in [0, 0.1) is 0 Å². The first-order chi connectivity index (χ1) is 13.1. The lowest BCUT2D eigenvalue weighted by atomic mass is 9.97. The lowest BCUT2D eigenvalue weighted by Gasteiger charge is -2.24. The molecule has 3 aromatic rings. The summed E-state index contributed by atoms with van der Waals surface area (Å²) < 4.78 is 27.3. The number of rotatable bonds is 4. The summed E-state index contributed by atoms with van der Waals surface area (Å²) in [5.41, 5.74) is 1.77. The third-order valence-electron chi connectivity index (χ3n) is 4.98. The first-order valence-electron chi connectivity index (χ1n) is 8.87. The van der Waals surface area contributed by atoms with Gasteiger partial charge in [-0.1, -0.05) is 78.9 Å². The quantitative estimate of drug-likeness (QED) is 0.682. The smallest absolute Gasteiger partial charge is 0.186 e. The summed E-state index contributed by atoms with van der Waals surface area (Å²) in [6.45, 7) is 0. The maximum absolute atomic E-state index is 13.6. The van der Waals surface area contributed by atoms with Crippen molar-refractivity contribution in [1.29, 1.82) is 0 Å². The molecular formula is C22H21NO3S. The highest BCUT2D eigenvalue weighted by molar-refractivity contribution is 7.92. The number of hydrogen-bond donors (Lipinski definition) is 0. The average Bonchev–Trinajstić information content (AvgIpc) is 3.08. The molecule has 1 fully saturated rings. The highest BCUT2D eigenvalue weighted by Crippen LogP contribution is 2.46. The minimum atomic E-state index is -3.63. The van der Waals surface area contributed by atoms with Crippen molar-refractivity contribution in [2.45, 2.75) is 22.3 Å². The standard InChI is InChI=1S/C22H21NO3S/c1-23-20(17-11-5-2-6-12-17)22(21(26-23)18-13-7-3-8-14-18)27(24,25)19-15-9-4-10-16-19/h2-16,20-22H,1H3/t20-,21+,22+/m0/s1. The monoisotopic (exact) mass is 379 g/mol. The SMILES string of the molecule is CN1O[C@H](c2ccccc2)[C@H](S(=O)(=O)c2ccccc2)[C@@H]1c1ccccc1. The fourth-order valence-corrected chi connectivity index (χ4v) is 5.77. The van der Waals surface area contributed by atoms with Crippen LogP contribution in [0.3, 0.4) is 0 Å². The minimum Gasteiger partial charge on any atom is -0.289 e. The molecule has 0 bridgehead atoms. The van der Waals surface area contributed by atoms with Gasteiger partial charge in [0.2, 0.25) is 0 Å². The van der Waals surface area contributed by atoms with E-state index >= 15 is 0 Å². The van der Waals surface area contributed by atoms with E-state index in [-0.39, 0.29) is 0 Å². The molecule has 1 aliphatic rings. The van der Waals surface area contributed by atoms with Crippen molar-refractivity contribution < 1.29 is 13.3 Å². The zero-order chi connectivity index (χ0) is 18.9. The van der Waals surface area contributed by atoms with Crippen LogP contribution in [0.4, 0.5) is 0 Å². The molecule has 138 valence electrons. The Balaban J connectivity index is 1.87. The summed E-state index contributed by atoms with van der Waals surface area (Å²) in [6, 6.07) is 27.4. The maximum atomic E-state index is 13.6. The van der Waals surface area contributed by atoms with Crippen LogP contribution >= 0.6 is 0 Å². The van der Waals surface area contributed by atoms with Gasteiger partial charge in [0.25, 0.3) is 0 Å². The number of hydroxylamine groups is 2. The van der Waals surface area contributed by atoms with Crippen molar-refractivity contribution in [2.75, 3.05) is 7.05 Å². The average molecular weight is 379 g/mol. The van der Waals surface area contributed by atoms with E-state index in [0.717, 1.165) is 11.1 Å². The normalized spacial score (nSPS) is 23.4. The first-order valence-corrected chi connectivity index (χ1v) is 10.4. The van der Waals surface area contributed by atoms with Crippen molar-refractivity contribution in [3.8, 4) is 0 Å². The molecule has 1 aliphatic heterocycles. The Morgan fingerprint density at radius 1 is 0.741 bits per heavy atom. The van der Waals surface area contributed by atoms with E-state index < -0.39 is 27.2 Å². The van der Waals surface area contributed by atoms with Gasteiger partial charge in [0.1, 0.15) is 11.4 Å². The number of sulfone groups is 1. The van der Waals surface area contributed by atoms with Gasteiger partial charge in [0.05, 0.1) is 10.9 Å². The van der Waals surface area contributed by atoms with Crippen LogP contribution in [0.2, 0.25) is 0 Å². The molecule has 3 atom stereocenters. The van der Waals surface area contributed by atoms with Crippen LogP contribution < -0.4 is 0 Å². The molecule has 0 N–H and O–H groups in total. The van der Waals surface area contributed by atoms with Gasteiger partial charge in [-0.25, -0.2) is 8.42 Å². The van der Waals surface area contributed by atoms with E-state index in [1.807, 2.05) is 66.7 Å². The van der Waals surface area contributed by atoms with E-state index in [9.17, 15) is 8.42 Å². The zero-order valence-electron chi connectivity index (χ0n) is 15.0. The molecule has 0 radical (unpaired) electrons. The molecule has 3 aromatic carbocycles. The molecule has 0 aromatic heterocycles. The highest BCUT2D eigenvalue weighted by atomic mass is 32.2. The molecule has 0 spiro atoms. The van der Waals surface area contributed by atoms with Crippen LogP contribution in [0.1, 0.15) is 23.3 Å². The lowest BCUT2D eigenvalue weighted by Crippen LogP contribution is -2.32. The van der Waals surface area contributed by atoms with Gasteiger partial charge in [-0.15, -0.1) is 0 Å². The van der Waals surface area contributed by atoms with Gasteiger partial charge in [-0.3, -0.25) is 4.84 Å². The number of hydrogen-bond acceptors (Lipinski definition) is 4. The second-order valence-corrected chi connectivity index (χ2v) is 8.77. The van der Waals surface area contributed by atoms with Crippen LogP contribution in [-0.4, -0.2) is 25.8 Å². The molecule has 4 rings (SSSR count). The largest absolute Gasteiger partial charge is 0.289 e. The first kappa shape index (κ1) is 17.9. The van der Waals surface area contributed by atoms with Crippen molar-refractivity contribution in [3.05, 3.63) is 102 Å². The third-order valence-corrected chi connectivity index (χ3v) is 7.13. The second-order valence-electron chi connectivity index (χ2n) is 6.66.